The molecule has 2 aromatic carbocycles. The first-order valence-corrected chi connectivity index (χ1v) is 10.3. The van der Waals surface area contributed by atoms with Gasteiger partial charge < -0.3 is 15.4 Å². The fourth-order valence-electron chi connectivity index (χ4n) is 2.26. The lowest BCUT2D eigenvalue weighted by molar-refractivity contribution is 0.322. The number of benzene rings is 2. The van der Waals surface area contributed by atoms with Crippen LogP contribution in [0.15, 0.2) is 64.5 Å². The third-order valence-corrected chi connectivity index (χ3v) is 5.10. The summed E-state index contributed by atoms with van der Waals surface area (Å²) in [7, 11) is -2.02. The van der Waals surface area contributed by atoms with Crippen molar-refractivity contribution in [3.8, 4) is 5.75 Å². The molecule has 0 heterocycles. The Bertz CT molecular complexity index is 828. The van der Waals surface area contributed by atoms with E-state index in [-0.39, 0.29) is 28.9 Å². The summed E-state index contributed by atoms with van der Waals surface area (Å²) in [5.41, 5.74) is 0.919. The van der Waals surface area contributed by atoms with Gasteiger partial charge in [-0.1, -0.05) is 30.3 Å². The van der Waals surface area contributed by atoms with Gasteiger partial charge in [0.15, 0.2) is 5.96 Å². The number of hydrogen-bond donors (Lipinski definition) is 3. The highest BCUT2D eigenvalue weighted by Gasteiger charge is 2.10. The predicted octanol–water partition coefficient (Wildman–Crippen LogP) is 2.35. The molecule has 0 amide bonds. The van der Waals surface area contributed by atoms with Gasteiger partial charge in [0.05, 0.1) is 18.0 Å². The second kappa shape index (κ2) is 12.6. The highest BCUT2D eigenvalue weighted by atomic mass is 127. The Morgan fingerprint density at radius 1 is 1.04 bits per heavy atom. The van der Waals surface area contributed by atoms with Crippen LogP contribution in [-0.4, -0.2) is 41.1 Å². The van der Waals surface area contributed by atoms with Crippen molar-refractivity contribution in [3.05, 3.63) is 60.2 Å². The molecule has 0 saturated carbocycles. The highest BCUT2D eigenvalue weighted by molar-refractivity contribution is 14.0. The van der Waals surface area contributed by atoms with Gasteiger partial charge in [0.2, 0.25) is 10.0 Å². The first-order chi connectivity index (χ1) is 13.0. The van der Waals surface area contributed by atoms with Crippen LogP contribution in [0.1, 0.15) is 12.5 Å². The van der Waals surface area contributed by atoms with Crippen molar-refractivity contribution in [2.75, 3.05) is 26.7 Å². The zero-order valence-corrected chi connectivity index (χ0v) is 19.2. The Morgan fingerprint density at radius 2 is 1.71 bits per heavy atom. The number of nitrogens with one attached hydrogen (secondary N) is 3. The van der Waals surface area contributed by atoms with E-state index in [4.69, 9.17) is 4.74 Å². The van der Waals surface area contributed by atoms with Crippen LogP contribution in [-0.2, 0) is 16.6 Å². The molecule has 0 aliphatic carbocycles. The minimum atomic E-state index is -3.42. The monoisotopic (exact) mass is 518 g/mol. The fourth-order valence-corrected chi connectivity index (χ4v) is 2.99. The van der Waals surface area contributed by atoms with Crippen molar-refractivity contribution in [3.63, 3.8) is 0 Å². The third kappa shape index (κ3) is 8.03. The molecule has 2 aromatic rings. The number of hydrogen-bond acceptors (Lipinski definition) is 4. The van der Waals surface area contributed by atoms with Crippen molar-refractivity contribution in [2.45, 2.75) is 18.4 Å². The topological polar surface area (TPSA) is 91.8 Å². The molecule has 0 atom stereocenters. The third-order valence-electron chi connectivity index (χ3n) is 3.67. The molecule has 28 heavy (non-hydrogen) atoms. The number of halogens is 1. The molecule has 0 aliphatic heterocycles. The molecule has 9 heteroatoms. The Balaban J connectivity index is 0.00000392. The number of para-hydroxylation sites is 1. The molecule has 0 aliphatic rings. The molecule has 0 bridgehead atoms. The van der Waals surface area contributed by atoms with E-state index in [2.05, 4.69) is 20.3 Å². The van der Waals surface area contributed by atoms with Gasteiger partial charge >= 0.3 is 0 Å². The van der Waals surface area contributed by atoms with E-state index in [0.29, 0.717) is 25.7 Å². The first-order valence-electron chi connectivity index (χ1n) is 8.77. The van der Waals surface area contributed by atoms with E-state index in [1.807, 2.05) is 37.3 Å². The van der Waals surface area contributed by atoms with Crippen molar-refractivity contribution in [1.82, 2.24) is 15.4 Å². The lowest BCUT2D eigenvalue weighted by atomic mass is 10.2. The maximum atomic E-state index is 11.7. The zero-order chi connectivity index (χ0) is 19.5. The van der Waals surface area contributed by atoms with Crippen LogP contribution in [0.5, 0.6) is 5.75 Å². The second-order valence-corrected chi connectivity index (χ2v) is 7.52. The van der Waals surface area contributed by atoms with E-state index in [1.54, 1.807) is 24.3 Å². The predicted molar refractivity (Wildman–Crippen MR) is 123 cm³/mol. The van der Waals surface area contributed by atoms with Gasteiger partial charge in [0, 0.05) is 6.54 Å². The van der Waals surface area contributed by atoms with Crippen molar-refractivity contribution < 1.29 is 13.2 Å². The Hall–Kier alpha value is -1.85. The molecule has 0 spiro atoms. The Kier molecular flexibility index (Phi) is 10.9. The average molecular weight is 518 g/mol. The van der Waals surface area contributed by atoms with Gasteiger partial charge in [-0.15, -0.1) is 24.0 Å². The summed E-state index contributed by atoms with van der Waals surface area (Å²) in [6.45, 7) is 4.31. The standard InChI is InChI=1S/C19H26N4O3S.HI/c1-3-21-19(22-13-14-26-17-7-5-4-6-8-17)23-15-16-9-11-18(12-10-16)27(24,25)20-2;/h4-12,20H,3,13-15H2,1-2H3,(H2,21,22,23);1H. The van der Waals surface area contributed by atoms with E-state index in [0.717, 1.165) is 17.9 Å². The summed E-state index contributed by atoms with van der Waals surface area (Å²) in [4.78, 5) is 4.75. The molecule has 0 unspecified atom stereocenters. The molecule has 0 radical (unpaired) electrons. The number of sulfonamides is 1. The molecule has 3 N–H and O–H groups in total. The highest BCUT2D eigenvalue weighted by Crippen LogP contribution is 2.11. The largest absolute Gasteiger partial charge is 0.492 e. The van der Waals surface area contributed by atoms with E-state index in [1.165, 1.54) is 7.05 Å². The van der Waals surface area contributed by atoms with Gasteiger partial charge in [-0.3, -0.25) is 0 Å². The summed E-state index contributed by atoms with van der Waals surface area (Å²) < 4.78 is 31.4. The maximum Gasteiger partial charge on any atom is 0.240 e. The molecule has 7 nitrogen and oxygen atoms in total. The second-order valence-electron chi connectivity index (χ2n) is 5.63. The molecular weight excluding hydrogens is 491 g/mol. The molecule has 0 fully saturated rings. The first kappa shape index (κ1) is 24.2. The number of guanidine groups is 1. The summed E-state index contributed by atoms with van der Waals surface area (Å²) in [6.07, 6.45) is 0. The van der Waals surface area contributed by atoms with Crippen LogP contribution in [0, 0.1) is 0 Å². The van der Waals surface area contributed by atoms with Crippen LogP contribution in [0.4, 0.5) is 0 Å². The molecule has 0 saturated heterocycles. The quantitative estimate of drug-likeness (QED) is 0.205. The van der Waals surface area contributed by atoms with Crippen LogP contribution in [0.25, 0.3) is 0 Å². The minimum absolute atomic E-state index is 0. The van der Waals surface area contributed by atoms with Gasteiger partial charge in [-0.25, -0.2) is 18.1 Å². The average Bonchev–Trinajstić information content (AvgIpc) is 2.70. The van der Waals surface area contributed by atoms with Crippen LogP contribution in [0.3, 0.4) is 0 Å². The molecule has 154 valence electrons. The van der Waals surface area contributed by atoms with Gasteiger partial charge in [0.1, 0.15) is 12.4 Å². The van der Waals surface area contributed by atoms with Crippen LogP contribution in [0.2, 0.25) is 0 Å². The van der Waals surface area contributed by atoms with E-state index >= 15 is 0 Å². The summed E-state index contributed by atoms with van der Waals surface area (Å²) >= 11 is 0. The van der Waals surface area contributed by atoms with Gasteiger partial charge in [-0.05, 0) is 43.8 Å². The number of rotatable bonds is 9. The lowest BCUT2D eigenvalue weighted by Crippen LogP contribution is -2.39. The summed E-state index contributed by atoms with van der Waals surface area (Å²) in [6, 6.07) is 16.3. The normalized spacial score (nSPS) is 11.4. The lowest BCUT2D eigenvalue weighted by Gasteiger charge is -2.12. The molecule has 2 rings (SSSR count). The Morgan fingerprint density at radius 3 is 2.32 bits per heavy atom. The summed E-state index contributed by atoms with van der Waals surface area (Å²) in [5.74, 6) is 1.51. The number of ether oxygens (including phenoxy) is 1. The fraction of sp³-hybridized carbons (Fsp3) is 0.316. The zero-order valence-electron chi connectivity index (χ0n) is 16.0. The van der Waals surface area contributed by atoms with Gasteiger partial charge in [0.25, 0.3) is 0 Å². The SMILES string of the molecule is CCNC(=NCc1ccc(S(=O)(=O)NC)cc1)NCCOc1ccccc1.I. The molecule has 0 aromatic heterocycles. The van der Waals surface area contributed by atoms with E-state index in [9.17, 15) is 8.42 Å². The van der Waals surface area contributed by atoms with E-state index < -0.39 is 10.0 Å². The van der Waals surface area contributed by atoms with Crippen molar-refractivity contribution in [2.24, 2.45) is 4.99 Å². The van der Waals surface area contributed by atoms with Crippen molar-refractivity contribution in [1.29, 1.82) is 0 Å². The maximum absolute atomic E-state index is 11.7. The van der Waals surface area contributed by atoms with Crippen LogP contribution >= 0.6 is 24.0 Å². The smallest absolute Gasteiger partial charge is 0.240 e. The van der Waals surface area contributed by atoms with Crippen molar-refractivity contribution >= 4 is 40.0 Å². The number of nitrogens with zero attached hydrogens (tertiary/aromatic N) is 1. The summed E-state index contributed by atoms with van der Waals surface area (Å²) in [5, 5.41) is 6.39. The Labute approximate surface area is 184 Å². The minimum Gasteiger partial charge on any atom is -0.492 e. The van der Waals surface area contributed by atoms with Gasteiger partial charge in [-0.2, -0.15) is 0 Å². The molecular formula is C19H27IN4O3S. The number of aliphatic imine (C=N–C) groups is 1. The van der Waals surface area contributed by atoms with Crippen LogP contribution < -0.4 is 20.1 Å².